The summed E-state index contributed by atoms with van der Waals surface area (Å²) in [6, 6.07) is 8.14. The molecule has 1 aromatic carbocycles. The van der Waals surface area contributed by atoms with Gasteiger partial charge in [0.05, 0.1) is 18.4 Å². The maximum atomic E-state index is 13.6. The second-order valence-electron chi connectivity index (χ2n) is 4.85. The van der Waals surface area contributed by atoms with Crippen LogP contribution in [0.4, 0.5) is 10.1 Å². The van der Waals surface area contributed by atoms with E-state index >= 15 is 0 Å². The zero-order valence-electron chi connectivity index (χ0n) is 11.9. The minimum atomic E-state index is -0.314. The lowest BCUT2D eigenvalue weighted by Gasteiger charge is -2.03. The lowest BCUT2D eigenvalue weighted by atomic mass is 10.2. The van der Waals surface area contributed by atoms with E-state index in [9.17, 15) is 9.18 Å². The molecule has 22 heavy (non-hydrogen) atoms. The molecule has 0 radical (unpaired) electrons. The fourth-order valence-electron chi connectivity index (χ4n) is 2.05. The summed E-state index contributed by atoms with van der Waals surface area (Å²) in [6.07, 6.45) is 4.85. The molecule has 1 amide bonds. The number of hydrogen-bond acceptors (Lipinski definition) is 3. The number of carbonyl (C=O) groups is 1. The average Bonchev–Trinajstić information content (AvgIpc) is 3.11. The Morgan fingerprint density at radius 1 is 1.32 bits per heavy atom. The Kier molecular flexibility index (Phi) is 3.69. The lowest BCUT2D eigenvalue weighted by molar-refractivity contribution is 0.102. The summed E-state index contributed by atoms with van der Waals surface area (Å²) in [5, 5.41) is 10.8. The SMILES string of the molecule is Cn1ccc(C(=O)Nc2cnn(Cc3ccccc3F)c2)n1. The molecule has 0 aliphatic carbocycles. The normalized spacial score (nSPS) is 10.6. The first-order valence-corrected chi connectivity index (χ1v) is 6.69. The van der Waals surface area contributed by atoms with Gasteiger partial charge in [0.15, 0.2) is 5.69 Å². The van der Waals surface area contributed by atoms with Crippen LogP contribution >= 0.6 is 0 Å². The number of amides is 1. The van der Waals surface area contributed by atoms with Gasteiger partial charge in [-0.05, 0) is 12.1 Å². The van der Waals surface area contributed by atoms with Crippen molar-refractivity contribution >= 4 is 11.6 Å². The predicted molar refractivity (Wildman–Crippen MR) is 78.9 cm³/mol. The van der Waals surface area contributed by atoms with Crippen LogP contribution in [0.15, 0.2) is 48.9 Å². The van der Waals surface area contributed by atoms with Crippen LogP contribution in [0.3, 0.4) is 0 Å². The molecule has 3 aromatic rings. The molecule has 0 fully saturated rings. The third-order valence-electron chi connectivity index (χ3n) is 3.13. The molecule has 112 valence electrons. The second-order valence-corrected chi connectivity index (χ2v) is 4.85. The topological polar surface area (TPSA) is 64.7 Å². The molecule has 0 bridgehead atoms. The first-order chi connectivity index (χ1) is 10.6. The largest absolute Gasteiger partial charge is 0.318 e. The van der Waals surface area contributed by atoms with Crippen molar-refractivity contribution in [3.05, 3.63) is 66.0 Å². The Balaban J connectivity index is 1.69. The van der Waals surface area contributed by atoms with E-state index in [0.29, 0.717) is 23.5 Å². The predicted octanol–water partition coefficient (Wildman–Crippen LogP) is 2.06. The van der Waals surface area contributed by atoms with Crippen LogP contribution in [0, 0.1) is 5.82 Å². The van der Waals surface area contributed by atoms with Gasteiger partial charge in [-0.1, -0.05) is 18.2 Å². The molecule has 6 nitrogen and oxygen atoms in total. The van der Waals surface area contributed by atoms with Gasteiger partial charge < -0.3 is 5.32 Å². The zero-order valence-corrected chi connectivity index (χ0v) is 11.9. The second kappa shape index (κ2) is 5.80. The minimum absolute atomic E-state index is 0.280. The molecule has 2 heterocycles. The molecule has 7 heteroatoms. The van der Waals surface area contributed by atoms with Crippen molar-refractivity contribution in [2.45, 2.75) is 6.54 Å². The van der Waals surface area contributed by atoms with Crippen molar-refractivity contribution < 1.29 is 9.18 Å². The molecule has 0 spiro atoms. The van der Waals surface area contributed by atoms with Crippen molar-refractivity contribution in [3.63, 3.8) is 0 Å². The molecular weight excluding hydrogens is 285 g/mol. The average molecular weight is 299 g/mol. The van der Waals surface area contributed by atoms with Crippen molar-refractivity contribution in [2.24, 2.45) is 7.05 Å². The summed E-state index contributed by atoms with van der Waals surface area (Å²) < 4.78 is 16.7. The Morgan fingerprint density at radius 3 is 2.86 bits per heavy atom. The maximum Gasteiger partial charge on any atom is 0.276 e. The summed E-state index contributed by atoms with van der Waals surface area (Å²) in [4.78, 5) is 12.0. The summed E-state index contributed by atoms with van der Waals surface area (Å²) in [5.41, 5.74) is 1.39. The van der Waals surface area contributed by atoms with Crippen molar-refractivity contribution in [2.75, 3.05) is 5.32 Å². The van der Waals surface area contributed by atoms with E-state index in [0.717, 1.165) is 0 Å². The van der Waals surface area contributed by atoms with E-state index < -0.39 is 0 Å². The number of hydrogen-bond donors (Lipinski definition) is 1. The monoisotopic (exact) mass is 299 g/mol. The highest BCUT2D eigenvalue weighted by atomic mass is 19.1. The van der Waals surface area contributed by atoms with Crippen molar-refractivity contribution in [1.82, 2.24) is 19.6 Å². The Hall–Kier alpha value is -2.96. The summed E-state index contributed by atoms with van der Waals surface area (Å²) in [6.45, 7) is 0.298. The highest BCUT2D eigenvalue weighted by Crippen LogP contribution is 2.11. The van der Waals surface area contributed by atoms with E-state index in [1.54, 1.807) is 53.1 Å². The number of anilines is 1. The Morgan fingerprint density at radius 2 is 2.14 bits per heavy atom. The van der Waals surface area contributed by atoms with E-state index in [4.69, 9.17) is 0 Å². The molecule has 0 unspecified atom stereocenters. The third-order valence-corrected chi connectivity index (χ3v) is 3.13. The molecule has 1 N–H and O–H groups in total. The van der Waals surface area contributed by atoms with Crippen LogP contribution in [0.2, 0.25) is 0 Å². The fourth-order valence-corrected chi connectivity index (χ4v) is 2.05. The van der Waals surface area contributed by atoms with Gasteiger partial charge >= 0.3 is 0 Å². The first-order valence-electron chi connectivity index (χ1n) is 6.69. The number of nitrogens with zero attached hydrogens (tertiary/aromatic N) is 4. The number of rotatable bonds is 4. The minimum Gasteiger partial charge on any atom is -0.318 e. The van der Waals surface area contributed by atoms with Gasteiger partial charge in [0.1, 0.15) is 5.82 Å². The molecule has 3 rings (SSSR count). The first kappa shape index (κ1) is 14.0. The van der Waals surface area contributed by atoms with E-state index in [1.807, 2.05) is 0 Å². The highest BCUT2D eigenvalue weighted by Gasteiger charge is 2.10. The standard InChI is InChI=1S/C15H14FN5O/c1-20-7-6-14(19-20)15(22)18-12-8-17-21(10-12)9-11-4-2-3-5-13(11)16/h2-8,10H,9H2,1H3,(H,18,22). The Bertz CT molecular complexity index is 808. The van der Waals surface area contributed by atoms with Gasteiger partial charge in [-0.3, -0.25) is 14.2 Å². The third kappa shape index (κ3) is 3.03. The summed E-state index contributed by atoms with van der Waals surface area (Å²) >= 11 is 0. The van der Waals surface area contributed by atoms with Gasteiger partial charge in [0.2, 0.25) is 0 Å². The Labute approximate surface area is 126 Å². The maximum absolute atomic E-state index is 13.6. The van der Waals surface area contributed by atoms with Gasteiger partial charge in [0.25, 0.3) is 5.91 Å². The molecule has 0 atom stereocenters. The van der Waals surface area contributed by atoms with Crippen molar-refractivity contribution in [3.8, 4) is 0 Å². The quantitative estimate of drug-likeness (QED) is 0.802. The van der Waals surface area contributed by atoms with E-state index in [-0.39, 0.29) is 11.7 Å². The molecule has 0 aliphatic heterocycles. The van der Waals surface area contributed by atoms with E-state index in [1.165, 1.54) is 12.3 Å². The number of aromatic nitrogens is 4. The molecule has 0 saturated carbocycles. The summed E-state index contributed by atoms with van der Waals surface area (Å²) in [5.74, 6) is -0.594. The van der Waals surface area contributed by atoms with Crippen LogP contribution in [0.1, 0.15) is 16.1 Å². The van der Waals surface area contributed by atoms with Crippen LogP contribution in [-0.2, 0) is 13.6 Å². The smallest absolute Gasteiger partial charge is 0.276 e. The fraction of sp³-hybridized carbons (Fsp3) is 0.133. The number of halogens is 1. The van der Waals surface area contributed by atoms with Gasteiger partial charge in [0, 0.05) is 25.0 Å². The number of aryl methyl sites for hydroxylation is 1. The molecular formula is C15H14FN5O. The molecule has 0 aliphatic rings. The van der Waals surface area contributed by atoms with Crippen LogP contribution in [-0.4, -0.2) is 25.5 Å². The van der Waals surface area contributed by atoms with Crippen LogP contribution < -0.4 is 5.32 Å². The number of carbonyl (C=O) groups excluding carboxylic acids is 1. The summed E-state index contributed by atoms with van der Waals surface area (Å²) in [7, 11) is 1.74. The molecule has 0 saturated heterocycles. The van der Waals surface area contributed by atoms with Crippen LogP contribution in [0.25, 0.3) is 0 Å². The molecule has 2 aromatic heterocycles. The van der Waals surface area contributed by atoms with E-state index in [2.05, 4.69) is 15.5 Å². The number of nitrogens with one attached hydrogen (secondary N) is 1. The zero-order chi connectivity index (χ0) is 15.5. The van der Waals surface area contributed by atoms with Gasteiger partial charge in [-0.25, -0.2) is 4.39 Å². The van der Waals surface area contributed by atoms with Gasteiger partial charge in [-0.15, -0.1) is 0 Å². The highest BCUT2D eigenvalue weighted by molar-refractivity contribution is 6.02. The van der Waals surface area contributed by atoms with Crippen molar-refractivity contribution in [1.29, 1.82) is 0 Å². The van der Waals surface area contributed by atoms with Crippen LogP contribution in [0.5, 0.6) is 0 Å². The van der Waals surface area contributed by atoms with Gasteiger partial charge in [-0.2, -0.15) is 10.2 Å². The lowest BCUT2D eigenvalue weighted by Crippen LogP contribution is -2.12. The number of benzene rings is 1.